The maximum Gasteiger partial charge on any atom is 0.291 e. The molecule has 2 aliphatic rings. The van der Waals surface area contributed by atoms with Gasteiger partial charge in [0.25, 0.3) is 11.8 Å². The minimum absolute atomic E-state index is 0.0674. The molecule has 1 spiro atoms. The smallest absolute Gasteiger partial charge is 0.291 e. The molecule has 1 unspecified atom stereocenters. The van der Waals surface area contributed by atoms with Gasteiger partial charge in [0.15, 0.2) is 11.0 Å². The lowest BCUT2D eigenvalue weighted by atomic mass is 9.83. The van der Waals surface area contributed by atoms with Crippen molar-refractivity contribution < 1.29 is 14.0 Å². The second kappa shape index (κ2) is 9.03. The summed E-state index contributed by atoms with van der Waals surface area (Å²) in [5.74, 6) is -0.873. The molecule has 4 aromatic carbocycles. The van der Waals surface area contributed by atoms with Crippen molar-refractivity contribution >= 4 is 28.5 Å². The van der Waals surface area contributed by atoms with Crippen LogP contribution in [-0.2, 0) is 23.4 Å². The number of anilines is 1. The highest BCUT2D eigenvalue weighted by Gasteiger charge is 2.65. The van der Waals surface area contributed by atoms with E-state index in [1.807, 2.05) is 99.6 Å². The molecule has 2 amide bonds. The van der Waals surface area contributed by atoms with Gasteiger partial charge in [0.05, 0.1) is 23.2 Å². The van der Waals surface area contributed by atoms with Crippen molar-refractivity contribution in [3.8, 4) is 0 Å². The quantitative estimate of drug-likeness (QED) is 0.274. The molecular weight excluding hydrogens is 512 g/mol. The maximum absolute atomic E-state index is 14.9. The molecule has 5 aromatic rings. The SMILES string of the molecule is Cc1cccc(CN2C(=O)C3(c4ccccc42)c2c(oc4cc(C)c(C)cc4c2=O)C(=O)N3Cc2ccccc2)c1. The first kappa shape index (κ1) is 25.0. The van der Waals surface area contributed by atoms with Gasteiger partial charge in [-0.3, -0.25) is 14.4 Å². The van der Waals surface area contributed by atoms with E-state index in [9.17, 15) is 14.4 Å². The highest BCUT2D eigenvalue weighted by atomic mass is 16.3. The van der Waals surface area contributed by atoms with Gasteiger partial charge in [-0.1, -0.05) is 78.4 Å². The van der Waals surface area contributed by atoms with Crippen molar-refractivity contribution in [2.45, 2.75) is 39.4 Å². The number of fused-ring (bicyclic) bond motifs is 5. The van der Waals surface area contributed by atoms with Gasteiger partial charge in [-0.2, -0.15) is 0 Å². The Morgan fingerprint density at radius 1 is 0.732 bits per heavy atom. The normalized spacial score (nSPS) is 17.5. The first-order chi connectivity index (χ1) is 19.8. The van der Waals surface area contributed by atoms with Crippen LogP contribution in [0, 0.1) is 20.8 Å². The summed E-state index contributed by atoms with van der Waals surface area (Å²) in [7, 11) is 0. The third kappa shape index (κ3) is 3.53. The van der Waals surface area contributed by atoms with E-state index in [0.29, 0.717) is 28.8 Å². The molecule has 1 atom stereocenters. The molecule has 7 rings (SSSR count). The molecule has 0 saturated heterocycles. The van der Waals surface area contributed by atoms with Crippen molar-refractivity contribution in [3.63, 3.8) is 0 Å². The van der Waals surface area contributed by atoms with Crippen LogP contribution >= 0.6 is 0 Å². The van der Waals surface area contributed by atoms with Crippen LogP contribution in [0.1, 0.15) is 49.5 Å². The first-order valence-electron chi connectivity index (χ1n) is 13.7. The van der Waals surface area contributed by atoms with E-state index < -0.39 is 11.4 Å². The fraction of sp³-hybridized carbons (Fsp3) is 0.171. The van der Waals surface area contributed by atoms with Gasteiger partial charge in [-0.15, -0.1) is 0 Å². The molecule has 1 aromatic heterocycles. The minimum atomic E-state index is -1.66. The Kier molecular flexibility index (Phi) is 5.51. The Balaban J connectivity index is 1.53. The van der Waals surface area contributed by atoms with Gasteiger partial charge in [-0.25, -0.2) is 0 Å². The molecule has 0 radical (unpaired) electrons. The van der Waals surface area contributed by atoms with Crippen molar-refractivity contribution in [1.82, 2.24) is 4.90 Å². The number of amides is 2. The molecule has 0 N–H and O–H groups in total. The van der Waals surface area contributed by atoms with E-state index in [2.05, 4.69) is 0 Å². The molecule has 0 aliphatic carbocycles. The zero-order chi connectivity index (χ0) is 28.5. The van der Waals surface area contributed by atoms with Gasteiger partial charge in [0, 0.05) is 12.1 Å². The standard InChI is InChI=1S/C35H28N2O4/c1-21-10-9-13-25(16-21)19-36-28-15-8-7-14-27(28)35(34(36)40)30-31(38)26-17-22(2)23(3)18-29(26)41-32(30)33(39)37(35)20-24-11-5-4-6-12-24/h4-18H,19-20H2,1-3H3. The third-order valence-corrected chi connectivity index (χ3v) is 8.46. The van der Waals surface area contributed by atoms with Crippen LogP contribution in [0.2, 0.25) is 0 Å². The minimum Gasteiger partial charge on any atom is -0.450 e. The van der Waals surface area contributed by atoms with E-state index in [4.69, 9.17) is 4.42 Å². The van der Waals surface area contributed by atoms with Crippen molar-refractivity contribution in [3.05, 3.63) is 146 Å². The Morgan fingerprint density at radius 3 is 2.22 bits per heavy atom. The summed E-state index contributed by atoms with van der Waals surface area (Å²) >= 11 is 0. The molecule has 0 fully saturated rings. The molecule has 6 heteroatoms. The molecule has 41 heavy (non-hydrogen) atoms. The van der Waals surface area contributed by atoms with Crippen LogP contribution in [0.15, 0.2) is 100 Å². The maximum atomic E-state index is 14.9. The summed E-state index contributed by atoms with van der Waals surface area (Å²) < 4.78 is 6.26. The predicted molar refractivity (Wildman–Crippen MR) is 158 cm³/mol. The molecule has 6 nitrogen and oxygen atoms in total. The number of para-hydroxylation sites is 1. The monoisotopic (exact) mass is 540 g/mol. The number of rotatable bonds is 4. The number of hydrogen-bond donors (Lipinski definition) is 0. The van der Waals surface area contributed by atoms with Crippen LogP contribution in [0.3, 0.4) is 0 Å². The Morgan fingerprint density at radius 2 is 1.44 bits per heavy atom. The largest absolute Gasteiger partial charge is 0.450 e. The molecule has 0 bridgehead atoms. The van der Waals surface area contributed by atoms with Crippen molar-refractivity contribution in [2.24, 2.45) is 0 Å². The lowest BCUT2D eigenvalue weighted by Crippen LogP contribution is -2.52. The summed E-state index contributed by atoms with van der Waals surface area (Å²) in [5.41, 5.74) is 4.49. The van der Waals surface area contributed by atoms with Crippen molar-refractivity contribution in [1.29, 1.82) is 0 Å². The van der Waals surface area contributed by atoms with E-state index in [-0.39, 0.29) is 29.2 Å². The Labute approximate surface area is 237 Å². The summed E-state index contributed by atoms with van der Waals surface area (Å²) in [6.45, 7) is 6.32. The average molecular weight is 541 g/mol. The summed E-state index contributed by atoms with van der Waals surface area (Å²) in [5, 5.41) is 0.364. The van der Waals surface area contributed by atoms with Gasteiger partial charge >= 0.3 is 0 Å². The number of carbonyl (C=O) groups is 2. The molecule has 0 saturated carbocycles. The van der Waals surface area contributed by atoms with E-state index in [1.165, 1.54) is 4.90 Å². The number of carbonyl (C=O) groups excluding carboxylic acids is 2. The average Bonchev–Trinajstić information content (AvgIpc) is 3.35. The van der Waals surface area contributed by atoms with E-state index in [1.54, 1.807) is 17.0 Å². The lowest BCUT2D eigenvalue weighted by Gasteiger charge is -2.34. The van der Waals surface area contributed by atoms with Crippen LogP contribution in [0.25, 0.3) is 11.0 Å². The van der Waals surface area contributed by atoms with E-state index in [0.717, 1.165) is 27.8 Å². The van der Waals surface area contributed by atoms with Crippen LogP contribution in [0.5, 0.6) is 0 Å². The predicted octanol–water partition coefficient (Wildman–Crippen LogP) is 6.16. The van der Waals surface area contributed by atoms with Crippen LogP contribution in [0.4, 0.5) is 5.69 Å². The molecule has 2 aliphatic heterocycles. The van der Waals surface area contributed by atoms with Gasteiger partial charge in [0.1, 0.15) is 5.58 Å². The Hall–Kier alpha value is -4.97. The third-order valence-electron chi connectivity index (χ3n) is 8.46. The highest BCUT2D eigenvalue weighted by Crippen LogP contribution is 2.53. The number of hydrogen-bond acceptors (Lipinski definition) is 4. The van der Waals surface area contributed by atoms with Gasteiger partial charge < -0.3 is 14.2 Å². The van der Waals surface area contributed by atoms with Gasteiger partial charge in [-0.05, 0) is 61.2 Å². The summed E-state index contributed by atoms with van der Waals surface area (Å²) in [4.78, 5) is 46.9. The van der Waals surface area contributed by atoms with Crippen molar-refractivity contribution in [2.75, 3.05) is 4.90 Å². The second-order valence-corrected chi connectivity index (χ2v) is 11.1. The Bertz CT molecular complexity index is 1960. The fourth-order valence-corrected chi connectivity index (χ4v) is 6.38. The zero-order valence-corrected chi connectivity index (χ0v) is 23.1. The topological polar surface area (TPSA) is 70.8 Å². The zero-order valence-electron chi connectivity index (χ0n) is 23.1. The summed E-state index contributed by atoms with van der Waals surface area (Å²) in [6, 6.07) is 28.6. The first-order valence-corrected chi connectivity index (χ1v) is 13.7. The summed E-state index contributed by atoms with van der Waals surface area (Å²) in [6.07, 6.45) is 0. The number of benzene rings is 4. The number of nitrogens with zero attached hydrogens (tertiary/aromatic N) is 2. The molecule has 3 heterocycles. The highest BCUT2D eigenvalue weighted by molar-refractivity contribution is 6.17. The molecular formula is C35H28N2O4. The van der Waals surface area contributed by atoms with Crippen LogP contribution in [-0.4, -0.2) is 16.7 Å². The fourth-order valence-electron chi connectivity index (χ4n) is 6.38. The van der Waals surface area contributed by atoms with E-state index >= 15 is 0 Å². The van der Waals surface area contributed by atoms with Gasteiger partial charge in [0.2, 0.25) is 5.76 Å². The van der Waals surface area contributed by atoms with Crippen LogP contribution < -0.4 is 10.3 Å². The molecule has 202 valence electrons. The lowest BCUT2D eigenvalue weighted by molar-refractivity contribution is -0.126. The number of aryl methyl sites for hydroxylation is 3. The second-order valence-electron chi connectivity index (χ2n) is 11.1.